The van der Waals surface area contributed by atoms with E-state index >= 15 is 0 Å². The molecule has 0 radical (unpaired) electrons. The van der Waals surface area contributed by atoms with Crippen molar-refractivity contribution in [1.29, 1.82) is 0 Å². The topological polar surface area (TPSA) is 60.7 Å². The summed E-state index contributed by atoms with van der Waals surface area (Å²) in [5, 5.41) is 30.1. The van der Waals surface area contributed by atoms with Crippen molar-refractivity contribution in [2.24, 2.45) is 23.2 Å². The van der Waals surface area contributed by atoms with Crippen LogP contribution in [0.2, 0.25) is 0 Å². The van der Waals surface area contributed by atoms with Crippen LogP contribution >= 0.6 is 0 Å². The monoisotopic (exact) mass is 418 g/mol. The van der Waals surface area contributed by atoms with Crippen LogP contribution in [0.5, 0.6) is 0 Å². The van der Waals surface area contributed by atoms with Crippen LogP contribution in [0, 0.1) is 23.2 Å². The smallest absolute Gasteiger partial charge is 0.0602 e. The molecular weight excluding hydrogens is 372 g/mol. The van der Waals surface area contributed by atoms with E-state index in [0.717, 1.165) is 18.8 Å². The van der Waals surface area contributed by atoms with E-state index in [2.05, 4.69) is 26.0 Å². The van der Waals surface area contributed by atoms with E-state index in [0.29, 0.717) is 36.5 Å². The summed E-state index contributed by atoms with van der Waals surface area (Å²) in [5.41, 5.74) is 2.65. The molecule has 30 heavy (non-hydrogen) atoms. The van der Waals surface area contributed by atoms with Gasteiger partial charge in [-0.2, -0.15) is 0 Å². The van der Waals surface area contributed by atoms with Gasteiger partial charge < -0.3 is 15.3 Å². The second-order valence-electron chi connectivity index (χ2n) is 11.6. The van der Waals surface area contributed by atoms with Gasteiger partial charge in [0.2, 0.25) is 0 Å². The van der Waals surface area contributed by atoms with Gasteiger partial charge in [0.15, 0.2) is 0 Å². The molecule has 0 saturated heterocycles. The molecule has 0 aromatic heterocycles. The first-order valence-corrected chi connectivity index (χ1v) is 12.6. The summed E-state index contributed by atoms with van der Waals surface area (Å²) in [7, 11) is 0. The summed E-state index contributed by atoms with van der Waals surface area (Å²) in [5.74, 6) is 2.16. The maximum Gasteiger partial charge on any atom is 0.0602 e. The lowest BCUT2D eigenvalue weighted by molar-refractivity contribution is -0.00357. The Bertz CT molecular complexity index is 617. The highest BCUT2D eigenvalue weighted by molar-refractivity contribution is 5.25. The van der Waals surface area contributed by atoms with Crippen LogP contribution in [0.15, 0.2) is 23.3 Å². The zero-order valence-electron chi connectivity index (χ0n) is 19.9. The fourth-order valence-corrected chi connectivity index (χ4v) is 7.00. The summed E-state index contributed by atoms with van der Waals surface area (Å²) in [6.07, 6.45) is 16.8. The van der Waals surface area contributed by atoms with Crippen molar-refractivity contribution < 1.29 is 15.3 Å². The van der Waals surface area contributed by atoms with Crippen molar-refractivity contribution in [3.63, 3.8) is 0 Å². The van der Waals surface area contributed by atoms with E-state index in [1.807, 2.05) is 13.8 Å². The average molecular weight is 419 g/mol. The molecule has 3 nitrogen and oxygen atoms in total. The van der Waals surface area contributed by atoms with Gasteiger partial charge in [-0.3, -0.25) is 0 Å². The summed E-state index contributed by atoms with van der Waals surface area (Å²) < 4.78 is 0. The predicted molar refractivity (Wildman–Crippen MR) is 124 cm³/mol. The minimum Gasteiger partial charge on any atom is -0.393 e. The highest BCUT2D eigenvalue weighted by atomic mass is 16.3. The molecule has 3 N–H and O–H groups in total. The third-order valence-electron chi connectivity index (χ3n) is 8.49. The van der Waals surface area contributed by atoms with Crippen molar-refractivity contribution in [2.75, 3.05) is 0 Å². The summed E-state index contributed by atoms with van der Waals surface area (Å²) in [4.78, 5) is 0. The van der Waals surface area contributed by atoms with E-state index in [9.17, 15) is 15.3 Å². The van der Waals surface area contributed by atoms with Crippen LogP contribution in [-0.4, -0.2) is 33.1 Å². The second-order valence-corrected chi connectivity index (χ2v) is 11.6. The molecule has 0 unspecified atom stereocenters. The molecule has 3 aliphatic rings. The van der Waals surface area contributed by atoms with E-state index in [4.69, 9.17) is 0 Å². The molecule has 0 spiro atoms. The largest absolute Gasteiger partial charge is 0.393 e. The van der Waals surface area contributed by atoms with E-state index < -0.39 is 5.60 Å². The zero-order valence-corrected chi connectivity index (χ0v) is 19.9. The van der Waals surface area contributed by atoms with Gasteiger partial charge in [-0.25, -0.2) is 0 Å². The Morgan fingerprint density at radius 2 is 1.80 bits per heavy atom. The summed E-state index contributed by atoms with van der Waals surface area (Å²) in [6, 6.07) is 0. The third-order valence-corrected chi connectivity index (χ3v) is 8.49. The SMILES string of the molecule is C[C@@H](CCCC(C)(C)O)[C@H]1CCC[C@H]2/C(=C/C=C3C[C@@H](O)C[C@H](O)C3)CCC[C@]12C. The Morgan fingerprint density at radius 3 is 2.47 bits per heavy atom. The van der Waals surface area contributed by atoms with Crippen LogP contribution < -0.4 is 0 Å². The van der Waals surface area contributed by atoms with E-state index in [-0.39, 0.29) is 12.2 Å². The fraction of sp³-hybridized carbons (Fsp3) is 0.852. The van der Waals surface area contributed by atoms with Gasteiger partial charge in [0, 0.05) is 0 Å². The van der Waals surface area contributed by atoms with Gasteiger partial charge in [0.1, 0.15) is 0 Å². The van der Waals surface area contributed by atoms with Crippen LogP contribution in [-0.2, 0) is 0 Å². The number of hydrogen-bond donors (Lipinski definition) is 3. The molecule has 3 rings (SSSR count). The first-order valence-electron chi connectivity index (χ1n) is 12.6. The Balaban J connectivity index is 1.70. The second kappa shape index (κ2) is 9.88. The van der Waals surface area contributed by atoms with Crippen molar-refractivity contribution in [3.05, 3.63) is 23.3 Å². The molecule has 3 aliphatic carbocycles. The normalized spacial score (nSPS) is 37.7. The van der Waals surface area contributed by atoms with Gasteiger partial charge >= 0.3 is 0 Å². The average Bonchev–Trinajstić information content (AvgIpc) is 2.63. The first kappa shape index (κ1) is 24.0. The predicted octanol–water partition coefficient (Wildman–Crippen LogP) is 5.93. The quantitative estimate of drug-likeness (QED) is 0.501. The van der Waals surface area contributed by atoms with Crippen LogP contribution in [0.25, 0.3) is 0 Å². The molecular formula is C27H46O3. The van der Waals surface area contributed by atoms with E-state index in [1.54, 1.807) is 5.57 Å². The zero-order chi connectivity index (χ0) is 21.9. The third kappa shape index (κ3) is 5.99. The highest BCUT2D eigenvalue weighted by Crippen LogP contribution is 2.57. The van der Waals surface area contributed by atoms with Crippen LogP contribution in [0.3, 0.4) is 0 Å². The molecule has 172 valence electrons. The molecule has 0 aromatic rings. The maximum atomic E-state index is 10.1. The lowest BCUT2D eigenvalue weighted by Gasteiger charge is -2.54. The number of rotatable bonds is 6. The number of fused-ring (bicyclic) bond motifs is 1. The summed E-state index contributed by atoms with van der Waals surface area (Å²) in [6.45, 7) is 8.86. The highest BCUT2D eigenvalue weighted by Gasteiger charge is 2.48. The van der Waals surface area contributed by atoms with Crippen LogP contribution in [0.1, 0.15) is 105 Å². The van der Waals surface area contributed by atoms with Gasteiger partial charge in [0.25, 0.3) is 0 Å². The molecule has 0 heterocycles. The molecule has 0 aromatic carbocycles. The van der Waals surface area contributed by atoms with Crippen molar-refractivity contribution in [1.82, 2.24) is 0 Å². The Labute approximate surface area is 184 Å². The number of allylic oxidation sites excluding steroid dienone is 3. The lowest BCUT2D eigenvalue weighted by atomic mass is 9.51. The summed E-state index contributed by atoms with van der Waals surface area (Å²) >= 11 is 0. The van der Waals surface area contributed by atoms with Crippen LogP contribution in [0.4, 0.5) is 0 Å². The van der Waals surface area contributed by atoms with Crippen molar-refractivity contribution >= 4 is 0 Å². The van der Waals surface area contributed by atoms with Gasteiger partial charge in [-0.1, -0.05) is 56.4 Å². The molecule has 0 aliphatic heterocycles. The Hall–Kier alpha value is -0.640. The van der Waals surface area contributed by atoms with Gasteiger partial charge in [0.05, 0.1) is 17.8 Å². The molecule has 3 heteroatoms. The fourth-order valence-electron chi connectivity index (χ4n) is 7.00. The minimum absolute atomic E-state index is 0.389. The van der Waals surface area contributed by atoms with Gasteiger partial charge in [-0.05, 0) is 94.8 Å². The lowest BCUT2D eigenvalue weighted by Crippen LogP contribution is -2.44. The van der Waals surface area contributed by atoms with E-state index in [1.165, 1.54) is 50.5 Å². The van der Waals surface area contributed by atoms with Crippen molar-refractivity contribution in [2.45, 2.75) is 123 Å². The Morgan fingerprint density at radius 1 is 1.10 bits per heavy atom. The van der Waals surface area contributed by atoms with Crippen molar-refractivity contribution in [3.8, 4) is 0 Å². The number of aliphatic hydroxyl groups is 3. The standard InChI is InChI=1S/C27H46O3/c1-19(8-6-14-26(2,3)30)24-10-5-11-25-21(9-7-15-27(24,25)4)13-12-20-16-22(28)18-23(29)17-20/h12-13,19,22-25,28-30H,5-11,14-18H2,1-4H3/b21-13+/t19-,22+,23+,24+,25-,27+/m0/s1. The first-order chi connectivity index (χ1) is 14.1. The maximum absolute atomic E-state index is 10.1. The van der Waals surface area contributed by atoms with Gasteiger partial charge in [-0.15, -0.1) is 0 Å². The molecule has 0 amide bonds. The number of aliphatic hydroxyl groups excluding tert-OH is 2. The molecule has 3 fully saturated rings. The molecule has 6 atom stereocenters. The Kier molecular flexibility index (Phi) is 7.91. The molecule has 3 saturated carbocycles. The number of hydrogen-bond acceptors (Lipinski definition) is 3. The minimum atomic E-state index is -0.548. The molecule has 0 bridgehead atoms.